The van der Waals surface area contributed by atoms with Gasteiger partial charge < -0.3 is 25.3 Å². The Bertz CT molecular complexity index is 852. The maximum Gasteiger partial charge on any atom is 0.343 e. The van der Waals surface area contributed by atoms with Crippen LogP contribution in [0, 0.1) is 5.92 Å². The van der Waals surface area contributed by atoms with E-state index in [9.17, 15) is 14.4 Å². The summed E-state index contributed by atoms with van der Waals surface area (Å²) < 4.78 is 14.8. The van der Waals surface area contributed by atoms with E-state index in [-0.39, 0.29) is 13.0 Å². The van der Waals surface area contributed by atoms with Gasteiger partial charge in [0.25, 0.3) is 0 Å². The molecule has 0 bridgehead atoms. The number of anilines is 2. The smallest absolute Gasteiger partial charge is 0.343 e. The second-order valence-corrected chi connectivity index (χ2v) is 5.87. The molecule has 0 saturated heterocycles. The molecule has 0 radical (unpaired) electrons. The molecule has 0 spiro atoms. The molecular weight excluding hydrogens is 364 g/mol. The predicted molar refractivity (Wildman–Crippen MR) is 103 cm³/mol. The molecule has 148 valence electrons. The molecular formula is C20H22N2O6. The fourth-order valence-corrected chi connectivity index (χ4v) is 2.50. The van der Waals surface area contributed by atoms with Crippen LogP contribution < -0.4 is 15.8 Å². The van der Waals surface area contributed by atoms with E-state index in [0.29, 0.717) is 22.7 Å². The Morgan fingerprint density at radius 1 is 1.04 bits per heavy atom. The maximum absolute atomic E-state index is 12.7. The Labute approximate surface area is 162 Å². The number of methoxy groups -OCH3 is 2. The van der Waals surface area contributed by atoms with Crippen LogP contribution in [0.2, 0.25) is 0 Å². The number of esters is 2. The number of rotatable bonds is 8. The minimum absolute atomic E-state index is 0.0260. The van der Waals surface area contributed by atoms with E-state index in [1.165, 1.54) is 14.2 Å². The Morgan fingerprint density at radius 2 is 1.79 bits per heavy atom. The van der Waals surface area contributed by atoms with E-state index in [2.05, 4.69) is 10.1 Å². The Balaban J connectivity index is 2.19. The van der Waals surface area contributed by atoms with E-state index in [1.54, 1.807) is 48.5 Å². The zero-order valence-electron chi connectivity index (χ0n) is 15.6. The van der Waals surface area contributed by atoms with Gasteiger partial charge in [-0.3, -0.25) is 9.59 Å². The van der Waals surface area contributed by atoms with Crippen LogP contribution >= 0.6 is 0 Å². The first kappa shape index (κ1) is 20.8. The topological polar surface area (TPSA) is 117 Å². The summed E-state index contributed by atoms with van der Waals surface area (Å²) >= 11 is 0. The van der Waals surface area contributed by atoms with Crippen molar-refractivity contribution >= 4 is 29.2 Å². The Morgan fingerprint density at radius 3 is 2.46 bits per heavy atom. The SMILES string of the molecule is COC(=O)COc1ccccc1CC(C(=O)Nc1cccc(N)c1)C(=O)OC. The summed E-state index contributed by atoms with van der Waals surface area (Å²) in [5.74, 6) is -2.52. The molecule has 28 heavy (non-hydrogen) atoms. The van der Waals surface area contributed by atoms with Gasteiger partial charge in [-0.2, -0.15) is 0 Å². The zero-order valence-corrected chi connectivity index (χ0v) is 15.6. The molecule has 0 aliphatic rings. The molecule has 8 heteroatoms. The summed E-state index contributed by atoms with van der Waals surface area (Å²) in [5, 5.41) is 2.66. The summed E-state index contributed by atoms with van der Waals surface area (Å²) in [5.41, 5.74) is 7.23. The summed E-state index contributed by atoms with van der Waals surface area (Å²) in [6, 6.07) is 13.4. The van der Waals surface area contributed by atoms with Gasteiger partial charge in [0, 0.05) is 11.4 Å². The molecule has 8 nitrogen and oxygen atoms in total. The van der Waals surface area contributed by atoms with Crippen molar-refractivity contribution in [2.75, 3.05) is 31.9 Å². The van der Waals surface area contributed by atoms with Crippen molar-refractivity contribution in [3.63, 3.8) is 0 Å². The van der Waals surface area contributed by atoms with Gasteiger partial charge in [-0.15, -0.1) is 0 Å². The summed E-state index contributed by atoms with van der Waals surface area (Å²) in [7, 11) is 2.47. The summed E-state index contributed by atoms with van der Waals surface area (Å²) in [6.45, 7) is -0.286. The van der Waals surface area contributed by atoms with Crippen molar-refractivity contribution in [2.45, 2.75) is 6.42 Å². The van der Waals surface area contributed by atoms with Crippen molar-refractivity contribution in [3.8, 4) is 5.75 Å². The van der Waals surface area contributed by atoms with Crippen LogP contribution in [-0.4, -0.2) is 38.7 Å². The molecule has 2 aromatic rings. The summed E-state index contributed by atoms with van der Waals surface area (Å²) in [4.78, 5) is 36.2. The van der Waals surface area contributed by atoms with Crippen LogP contribution in [-0.2, 0) is 30.3 Å². The fourth-order valence-electron chi connectivity index (χ4n) is 2.50. The number of amides is 1. The minimum atomic E-state index is -1.12. The zero-order chi connectivity index (χ0) is 20.5. The highest BCUT2D eigenvalue weighted by Gasteiger charge is 2.29. The van der Waals surface area contributed by atoms with Crippen LogP contribution in [0.4, 0.5) is 11.4 Å². The van der Waals surface area contributed by atoms with Gasteiger partial charge in [0.2, 0.25) is 5.91 Å². The third kappa shape index (κ3) is 5.73. The Kier molecular flexibility index (Phi) is 7.38. The van der Waals surface area contributed by atoms with E-state index >= 15 is 0 Å². The summed E-state index contributed by atoms with van der Waals surface area (Å²) in [6.07, 6.45) is 0.0260. The average Bonchev–Trinajstić information content (AvgIpc) is 2.70. The van der Waals surface area contributed by atoms with Crippen molar-refractivity contribution in [1.29, 1.82) is 0 Å². The second-order valence-electron chi connectivity index (χ2n) is 5.87. The van der Waals surface area contributed by atoms with Crippen molar-refractivity contribution < 1.29 is 28.6 Å². The highest BCUT2D eigenvalue weighted by Crippen LogP contribution is 2.23. The number of nitrogen functional groups attached to an aromatic ring is 1. The van der Waals surface area contributed by atoms with Gasteiger partial charge >= 0.3 is 11.9 Å². The molecule has 1 unspecified atom stereocenters. The molecule has 2 aromatic carbocycles. The largest absolute Gasteiger partial charge is 0.482 e. The lowest BCUT2D eigenvalue weighted by Crippen LogP contribution is -2.32. The lowest BCUT2D eigenvalue weighted by atomic mass is 9.97. The monoisotopic (exact) mass is 386 g/mol. The molecule has 0 aliphatic heterocycles. The highest BCUT2D eigenvalue weighted by molar-refractivity contribution is 6.05. The van der Waals surface area contributed by atoms with Gasteiger partial charge in [0.05, 0.1) is 14.2 Å². The molecule has 0 aliphatic carbocycles. The molecule has 0 aromatic heterocycles. The number of benzene rings is 2. The van der Waals surface area contributed by atoms with Gasteiger partial charge in [0.15, 0.2) is 6.61 Å². The van der Waals surface area contributed by atoms with Gasteiger partial charge in [-0.05, 0) is 36.2 Å². The molecule has 0 saturated carbocycles. The number of nitrogens with one attached hydrogen (secondary N) is 1. The highest BCUT2D eigenvalue weighted by atomic mass is 16.6. The van der Waals surface area contributed by atoms with E-state index in [1.807, 2.05) is 0 Å². The van der Waals surface area contributed by atoms with Crippen LogP contribution in [0.15, 0.2) is 48.5 Å². The molecule has 2 rings (SSSR count). The molecule has 0 heterocycles. The molecule has 1 atom stereocenters. The number of carbonyl (C=O) groups is 3. The average molecular weight is 386 g/mol. The molecule has 3 N–H and O–H groups in total. The van der Waals surface area contributed by atoms with Crippen LogP contribution in [0.3, 0.4) is 0 Å². The van der Waals surface area contributed by atoms with Crippen molar-refractivity contribution in [2.24, 2.45) is 5.92 Å². The third-order valence-electron chi connectivity index (χ3n) is 3.93. The van der Waals surface area contributed by atoms with Crippen molar-refractivity contribution in [1.82, 2.24) is 0 Å². The second kappa shape index (κ2) is 9.96. The first-order valence-corrected chi connectivity index (χ1v) is 8.46. The van der Waals surface area contributed by atoms with Gasteiger partial charge in [0.1, 0.15) is 11.7 Å². The fraction of sp³-hybridized carbons (Fsp3) is 0.250. The first-order chi connectivity index (χ1) is 13.4. The lowest BCUT2D eigenvalue weighted by molar-refractivity contribution is -0.149. The maximum atomic E-state index is 12.7. The van der Waals surface area contributed by atoms with E-state index in [4.69, 9.17) is 15.2 Å². The van der Waals surface area contributed by atoms with E-state index < -0.39 is 23.8 Å². The standard InChI is InChI=1S/C20H22N2O6/c1-26-18(23)12-28-17-9-4-3-6-13(17)10-16(20(25)27-2)19(24)22-15-8-5-7-14(21)11-15/h3-9,11,16H,10,12,21H2,1-2H3,(H,22,24). The van der Waals surface area contributed by atoms with Crippen LogP contribution in [0.1, 0.15) is 5.56 Å². The number of carbonyl (C=O) groups excluding carboxylic acids is 3. The van der Waals surface area contributed by atoms with Gasteiger partial charge in [-0.25, -0.2) is 4.79 Å². The number of ether oxygens (including phenoxy) is 3. The van der Waals surface area contributed by atoms with Crippen molar-refractivity contribution in [3.05, 3.63) is 54.1 Å². The normalized spacial score (nSPS) is 11.2. The van der Waals surface area contributed by atoms with E-state index in [0.717, 1.165) is 0 Å². The van der Waals surface area contributed by atoms with Crippen LogP contribution in [0.25, 0.3) is 0 Å². The van der Waals surface area contributed by atoms with Gasteiger partial charge in [-0.1, -0.05) is 24.3 Å². The number of hydrogen-bond acceptors (Lipinski definition) is 7. The molecule has 0 fully saturated rings. The Hall–Kier alpha value is -3.55. The van der Waals surface area contributed by atoms with Crippen LogP contribution in [0.5, 0.6) is 5.75 Å². The minimum Gasteiger partial charge on any atom is -0.482 e. The quantitative estimate of drug-likeness (QED) is 0.403. The third-order valence-corrected chi connectivity index (χ3v) is 3.93. The number of nitrogens with two attached hydrogens (primary N) is 1. The first-order valence-electron chi connectivity index (χ1n) is 8.46. The lowest BCUT2D eigenvalue weighted by Gasteiger charge is -2.17. The number of para-hydroxylation sites is 1. The number of hydrogen-bond donors (Lipinski definition) is 2. The predicted octanol–water partition coefficient (Wildman–Crippen LogP) is 1.79. The molecule has 1 amide bonds.